The molecule has 0 saturated carbocycles. The van der Waals surface area contributed by atoms with E-state index in [-0.39, 0.29) is 10.9 Å². The Bertz CT molecular complexity index is 578. The van der Waals surface area contributed by atoms with Gasteiger partial charge in [0.25, 0.3) is 0 Å². The van der Waals surface area contributed by atoms with E-state index in [1.54, 1.807) is 0 Å². The number of amides is 1. The minimum atomic E-state index is -1.78. The molecule has 5 nitrogen and oxygen atoms in total. The lowest BCUT2D eigenvalue weighted by Gasteiger charge is -2.36. The number of aryl methyl sites for hydroxylation is 1. The van der Waals surface area contributed by atoms with Crippen LogP contribution in [-0.2, 0) is 27.0 Å². The number of ether oxygens (including phenoxy) is 1. The number of nitrogens with zero attached hydrogens (tertiary/aromatic N) is 2. The van der Waals surface area contributed by atoms with Gasteiger partial charge in [-0.25, -0.2) is 0 Å². The van der Waals surface area contributed by atoms with Crippen molar-refractivity contribution in [1.29, 1.82) is 0 Å². The van der Waals surface area contributed by atoms with E-state index in [1.165, 1.54) is 0 Å². The second-order valence-electron chi connectivity index (χ2n) is 8.16. The highest BCUT2D eigenvalue weighted by molar-refractivity contribution is 6.74. The number of carbonyl (C=O) groups excluding carboxylic acids is 1. The maximum atomic E-state index is 12.2. The second kappa shape index (κ2) is 8.43. The summed E-state index contributed by atoms with van der Waals surface area (Å²) >= 11 is 0. The monoisotopic (exact) mass is 364 g/mol. The molecule has 1 aliphatic rings. The van der Waals surface area contributed by atoms with Gasteiger partial charge in [0.2, 0.25) is 5.91 Å². The molecule has 0 spiro atoms. The lowest BCUT2D eigenvalue weighted by molar-refractivity contribution is -0.135. The van der Waals surface area contributed by atoms with Crippen molar-refractivity contribution in [2.45, 2.75) is 58.4 Å². The molecule has 1 amide bonds. The first kappa shape index (κ1) is 20.1. The van der Waals surface area contributed by atoms with Crippen LogP contribution in [0.2, 0.25) is 18.1 Å². The van der Waals surface area contributed by atoms with Gasteiger partial charge >= 0.3 is 0 Å². The lowest BCUT2D eigenvalue weighted by Crippen LogP contribution is -2.40. The van der Waals surface area contributed by atoms with Crippen molar-refractivity contribution >= 4 is 14.2 Å². The van der Waals surface area contributed by atoms with E-state index in [9.17, 15) is 4.79 Å². The number of morpholine rings is 1. The fourth-order valence-electron chi connectivity index (χ4n) is 2.43. The molecular formula is C19H32N2O3Si. The first-order valence-electron chi connectivity index (χ1n) is 9.13. The highest BCUT2D eigenvalue weighted by atomic mass is 28.4. The average Bonchev–Trinajstić information content (AvgIpc) is 2.58. The second-order valence-corrected chi connectivity index (χ2v) is 13.0. The Morgan fingerprint density at radius 1 is 1.24 bits per heavy atom. The van der Waals surface area contributed by atoms with Crippen LogP contribution >= 0.6 is 0 Å². The Balaban J connectivity index is 1.87. The maximum Gasteiger partial charge on any atom is 0.223 e. The smallest absolute Gasteiger partial charge is 0.223 e. The quantitative estimate of drug-likeness (QED) is 0.726. The summed E-state index contributed by atoms with van der Waals surface area (Å²) < 4.78 is 11.5. The molecule has 1 fully saturated rings. The van der Waals surface area contributed by atoms with Crippen molar-refractivity contribution in [2.24, 2.45) is 0 Å². The Morgan fingerprint density at radius 2 is 1.88 bits per heavy atom. The zero-order valence-corrected chi connectivity index (χ0v) is 17.3. The topological polar surface area (TPSA) is 51.7 Å². The zero-order chi connectivity index (χ0) is 18.5. The minimum Gasteiger partial charge on any atom is -0.411 e. The van der Waals surface area contributed by atoms with Crippen LogP contribution in [0.1, 0.15) is 38.6 Å². The molecule has 2 rings (SSSR count). The Labute approximate surface area is 152 Å². The summed E-state index contributed by atoms with van der Waals surface area (Å²) in [7, 11) is -1.78. The Hall–Kier alpha value is -1.24. The third-order valence-electron chi connectivity index (χ3n) is 5.21. The van der Waals surface area contributed by atoms with E-state index in [0.29, 0.717) is 45.8 Å². The van der Waals surface area contributed by atoms with Crippen LogP contribution in [0, 0.1) is 0 Å². The highest BCUT2D eigenvalue weighted by Gasteiger charge is 2.37. The molecule has 0 atom stereocenters. The first-order valence-corrected chi connectivity index (χ1v) is 12.0. The molecule has 0 aliphatic carbocycles. The average molecular weight is 365 g/mol. The first-order chi connectivity index (χ1) is 11.7. The van der Waals surface area contributed by atoms with Crippen molar-refractivity contribution in [3.05, 3.63) is 29.6 Å². The largest absolute Gasteiger partial charge is 0.411 e. The number of rotatable bonds is 6. The van der Waals surface area contributed by atoms with Crippen LogP contribution in [0.25, 0.3) is 0 Å². The molecule has 0 bridgehead atoms. The van der Waals surface area contributed by atoms with E-state index in [4.69, 9.17) is 9.16 Å². The van der Waals surface area contributed by atoms with Gasteiger partial charge in [-0.3, -0.25) is 9.78 Å². The third-order valence-corrected chi connectivity index (χ3v) is 9.69. The van der Waals surface area contributed by atoms with Gasteiger partial charge in [-0.1, -0.05) is 26.8 Å². The summed E-state index contributed by atoms with van der Waals surface area (Å²) in [6.07, 6.45) is 1.17. The van der Waals surface area contributed by atoms with Crippen LogP contribution in [0.5, 0.6) is 0 Å². The molecular weight excluding hydrogens is 332 g/mol. The van der Waals surface area contributed by atoms with Gasteiger partial charge in [0, 0.05) is 25.2 Å². The molecule has 0 N–H and O–H groups in total. The van der Waals surface area contributed by atoms with Crippen molar-refractivity contribution in [3.63, 3.8) is 0 Å². The molecule has 140 valence electrons. The van der Waals surface area contributed by atoms with Crippen LogP contribution < -0.4 is 0 Å². The molecule has 1 aliphatic heterocycles. The summed E-state index contributed by atoms with van der Waals surface area (Å²) in [5.41, 5.74) is 1.90. The predicted molar refractivity (Wildman–Crippen MR) is 102 cm³/mol. The number of aromatic nitrogens is 1. The van der Waals surface area contributed by atoms with Gasteiger partial charge < -0.3 is 14.1 Å². The van der Waals surface area contributed by atoms with E-state index in [0.717, 1.165) is 11.4 Å². The summed E-state index contributed by atoms with van der Waals surface area (Å²) in [6.45, 7) is 14.4. The van der Waals surface area contributed by atoms with Crippen LogP contribution in [0.15, 0.2) is 18.2 Å². The predicted octanol–water partition coefficient (Wildman–Crippen LogP) is 3.39. The van der Waals surface area contributed by atoms with Gasteiger partial charge in [0.15, 0.2) is 8.32 Å². The summed E-state index contributed by atoms with van der Waals surface area (Å²) in [6, 6.07) is 5.99. The van der Waals surface area contributed by atoms with Gasteiger partial charge in [0.05, 0.1) is 25.5 Å². The van der Waals surface area contributed by atoms with Crippen LogP contribution in [-0.4, -0.2) is 50.4 Å². The van der Waals surface area contributed by atoms with Crippen molar-refractivity contribution in [3.8, 4) is 0 Å². The molecule has 2 heterocycles. The molecule has 1 saturated heterocycles. The fraction of sp³-hybridized carbons (Fsp3) is 0.684. The summed E-state index contributed by atoms with van der Waals surface area (Å²) in [4.78, 5) is 18.8. The summed E-state index contributed by atoms with van der Waals surface area (Å²) in [5, 5.41) is 0.190. The lowest BCUT2D eigenvalue weighted by atomic mass is 10.2. The van der Waals surface area contributed by atoms with Crippen molar-refractivity contribution in [2.75, 3.05) is 26.3 Å². The van der Waals surface area contributed by atoms with Crippen molar-refractivity contribution in [1.82, 2.24) is 9.88 Å². The number of pyridine rings is 1. The molecule has 6 heteroatoms. The molecule has 0 aromatic carbocycles. The van der Waals surface area contributed by atoms with Crippen LogP contribution in [0.3, 0.4) is 0 Å². The molecule has 1 aromatic rings. The fourth-order valence-corrected chi connectivity index (χ4v) is 3.37. The van der Waals surface area contributed by atoms with Gasteiger partial charge in [-0.2, -0.15) is 0 Å². The van der Waals surface area contributed by atoms with Gasteiger partial charge in [-0.15, -0.1) is 0 Å². The number of hydrogen-bond donors (Lipinski definition) is 0. The van der Waals surface area contributed by atoms with Gasteiger partial charge in [-0.05, 0) is 36.7 Å². The Morgan fingerprint density at radius 3 is 2.52 bits per heavy atom. The third kappa shape index (κ3) is 5.90. The van der Waals surface area contributed by atoms with Gasteiger partial charge in [0.1, 0.15) is 0 Å². The number of carbonyl (C=O) groups is 1. The maximum absolute atomic E-state index is 12.2. The van der Waals surface area contributed by atoms with E-state index in [1.807, 2.05) is 23.1 Å². The van der Waals surface area contributed by atoms with Crippen molar-refractivity contribution < 1.29 is 14.0 Å². The summed E-state index contributed by atoms with van der Waals surface area (Å²) in [5.74, 6) is 0.188. The highest BCUT2D eigenvalue weighted by Crippen LogP contribution is 2.36. The normalized spacial score (nSPS) is 16.1. The molecule has 0 radical (unpaired) electrons. The van der Waals surface area contributed by atoms with E-state index >= 15 is 0 Å². The molecule has 0 unspecified atom stereocenters. The Kier molecular flexibility index (Phi) is 6.77. The molecule has 1 aromatic heterocycles. The van der Waals surface area contributed by atoms with Crippen LogP contribution in [0.4, 0.5) is 0 Å². The number of hydrogen-bond acceptors (Lipinski definition) is 4. The standard InChI is InChI=1S/C19H32N2O3Si/c1-19(2,3)25(4,5)24-15-17-8-6-7-16(20-17)9-10-18(22)21-11-13-23-14-12-21/h6-8H,9-15H2,1-5H3. The zero-order valence-electron chi connectivity index (χ0n) is 16.3. The SMILES string of the molecule is CC(C)(C)[Si](C)(C)OCc1cccc(CCC(=O)N2CCOCC2)n1. The molecule has 25 heavy (non-hydrogen) atoms. The van der Waals surface area contributed by atoms with E-state index < -0.39 is 8.32 Å². The van der Waals surface area contributed by atoms with E-state index in [2.05, 4.69) is 38.8 Å². The minimum absolute atomic E-state index is 0.188.